The van der Waals surface area contributed by atoms with Crippen LogP contribution in [-0.4, -0.2) is 31.5 Å². The Bertz CT molecular complexity index is 441. The van der Waals surface area contributed by atoms with Crippen LogP contribution >= 0.6 is 12.4 Å². The normalized spacial score (nSPS) is 9.30. The SMILES string of the molecule is CCCOc1cccc(NC(=O)CNC(=O)CN)c1.Cl. The molecule has 20 heavy (non-hydrogen) atoms. The van der Waals surface area contributed by atoms with E-state index in [9.17, 15) is 9.59 Å². The van der Waals surface area contributed by atoms with Crippen LogP contribution in [0.1, 0.15) is 13.3 Å². The number of rotatable bonds is 7. The van der Waals surface area contributed by atoms with Gasteiger partial charge in [-0.1, -0.05) is 13.0 Å². The number of hydrogen-bond acceptors (Lipinski definition) is 4. The summed E-state index contributed by atoms with van der Waals surface area (Å²) in [4.78, 5) is 22.5. The van der Waals surface area contributed by atoms with E-state index in [4.69, 9.17) is 10.5 Å². The molecular weight excluding hydrogens is 282 g/mol. The molecule has 0 saturated carbocycles. The van der Waals surface area contributed by atoms with Crippen LogP contribution in [-0.2, 0) is 9.59 Å². The lowest BCUT2D eigenvalue weighted by atomic mass is 10.3. The maximum atomic E-state index is 11.6. The third-order valence-electron chi connectivity index (χ3n) is 2.22. The summed E-state index contributed by atoms with van der Waals surface area (Å²) in [5.74, 6) is 0.0234. The first-order valence-electron chi connectivity index (χ1n) is 6.15. The van der Waals surface area contributed by atoms with E-state index in [1.807, 2.05) is 13.0 Å². The molecule has 112 valence electrons. The highest BCUT2D eigenvalue weighted by molar-refractivity contribution is 5.94. The fourth-order valence-electron chi connectivity index (χ4n) is 1.34. The summed E-state index contributed by atoms with van der Waals surface area (Å²) in [7, 11) is 0. The molecule has 0 atom stereocenters. The van der Waals surface area contributed by atoms with Gasteiger partial charge in [0.15, 0.2) is 0 Å². The van der Waals surface area contributed by atoms with Crippen LogP contribution < -0.4 is 21.1 Å². The van der Waals surface area contributed by atoms with Crippen molar-refractivity contribution in [1.29, 1.82) is 0 Å². The Hall–Kier alpha value is -1.79. The van der Waals surface area contributed by atoms with Crippen molar-refractivity contribution in [2.24, 2.45) is 5.73 Å². The number of anilines is 1. The quantitative estimate of drug-likeness (QED) is 0.698. The second-order valence-corrected chi connectivity index (χ2v) is 3.91. The fourth-order valence-corrected chi connectivity index (χ4v) is 1.34. The van der Waals surface area contributed by atoms with Crippen molar-refractivity contribution in [2.45, 2.75) is 13.3 Å². The number of nitrogens with one attached hydrogen (secondary N) is 2. The van der Waals surface area contributed by atoms with E-state index in [2.05, 4.69) is 10.6 Å². The molecule has 1 rings (SSSR count). The lowest BCUT2D eigenvalue weighted by Crippen LogP contribution is -2.36. The van der Waals surface area contributed by atoms with Gasteiger partial charge in [0.1, 0.15) is 5.75 Å². The van der Waals surface area contributed by atoms with Crippen molar-refractivity contribution in [3.63, 3.8) is 0 Å². The summed E-state index contributed by atoms with van der Waals surface area (Å²) >= 11 is 0. The maximum Gasteiger partial charge on any atom is 0.243 e. The smallest absolute Gasteiger partial charge is 0.243 e. The van der Waals surface area contributed by atoms with Gasteiger partial charge >= 0.3 is 0 Å². The van der Waals surface area contributed by atoms with E-state index < -0.39 is 0 Å². The van der Waals surface area contributed by atoms with Crippen LogP contribution in [0.5, 0.6) is 5.75 Å². The average Bonchev–Trinajstić information content (AvgIpc) is 2.43. The third kappa shape index (κ3) is 6.96. The molecule has 0 spiro atoms. The van der Waals surface area contributed by atoms with Gasteiger partial charge in [-0.2, -0.15) is 0 Å². The number of carbonyl (C=O) groups is 2. The summed E-state index contributed by atoms with van der Waals surface area (Å²) in [6, 6.07) is 7.10. The third-order valence-corrected chi connectivity index (χ3v) is 2.22. The molecule has 0 aliphatic carbocycles. The number of amides is 2. The fraction of sp³-hybridized carbons (Fsp3) is 0.385. The van der Waals surface area contributed by atoms with Gasteiger partial charge in [0.05, 0.1) is 19.7 Å². The Morgan fingerprint density at radius 2 is 2.05 bits per heavy atom. The number of nitrogens with two attached hydrogens (primary N) is 1. The molecule has 0 aliphatic rings. The Morgan fingerprint density at radius 3 is 2.70 bits per heavy atom. The van der Waals surface area contributed by atoms with Crippen molar-refractivity contribution in [3.8, 4) is 5.75 Å². The van der Waals surface area contributed by atoms with Gasteiger partial charge in [-0.15, -0.1) is 12.4 Å². The monoisotopic (exact) mass is 301 g/mol. The van der Waals surface area contributed by atoms with Crippen molar-refractivity contribution in [1.82, 2.24) is 5.32 Å². The second-order valence-electron chi connectivity index (χ2n) is 3.91. The predicted octanol–water partition coefficient (Wildman–Crippen LogP) is 0.911. The zero-order chi connectivity index (χ0) is 14.1. The molecular formula is C13H20ClN3O3. The summed E-state index contributed by atoms with van der Waals surface area (Å²) in [6.45, 7) is 2.42. The molecule has 4 N–H and O–H groups in total. The van der Waals surface area contributed by atoms with E-state index in [0.717, 1.165) is 6.42 Å². The van der Waals surface area contributed by atoms with Crippen LogP contribution in [0.15, 0.2) is 24.3 Å². The molecule has 0 bridgehead atoms. The van der Waals surface area contributed by atoms with Crippen LogP contribution in [0.4, 0.5) is 5.69 Å². The zero-order valence-corrected chi connectivity index (χ0v) is 12.2. The van der Waals surface area contributed by atoms with Gasteiger partial charge in [0.25, 0.3) is 0 Å². The van der Waals surface area contributed by atoms with Gasteiger partial charge in [0.2, 0.25) is 11.8 Å². The molecule has 7 heteroatoms. The molecule has 0 saturated heterocycles. The first-order valence-corrected chi connectivity index (χ1v) is 6.15. The molecule has 6 nitrogen and oxygen atoms in total. The van der Waals surface area contributed by atoms with Gasteiger partial charge in [-0.25, -0.2) is 0 Å². The number of benzene rings is 1. The van der Waals surface area contributed by atoms with E-state index in [1.165, 1.54) is 0 Å². The topological polar surface area (TPSA) is 93.5 Å². The summed E-state index contributed by atoms with van der Waals surface area (Å²) in [6.07, 6.45) is 0.918. The zero-order valence-electron chi connectivity index (χ0n) is 11.3. The molecule has 1 aromatic carbocycles. The lowest BCUT2D eigenvalue weighted by Gasteiger charge is -2.09. The molecule has 0 aliphatic heterocycles. The minimum absolute atomic E-state index is 0. The molecule has 0 heterocycles. The van der Waals surface area contributed by atoms with Gasteiger partial charge in [-0.05, 0) is 18.6 Å². The van der Waals surface area contributed by atoms with Gasteiger partial charge in [0, 0.05) is 11.8 Å². The largest absolute Gasteiger partial charge is 0.494 e. The standard InChI is InChI=1S/C13H19N3O3.ClH/c1-2-6-19-11-5-3-4-10(7-11)16-13(18)9-15-12(17)8-14;/h3-5,7H,2,6,8-9,14H2,1H3,(H,15,17)(H,16,18);1H. The van der Waals surface area contributed by atoms with E-state index in [1.54, 1.807) is 18.2 Å². The predicted molar refractivity (Wildman–Crippen MR) is 80.2 cm³/mol. The van der Waals surface area contributed by atoms with Crippen molar-refractivity contribution in [2.75, 3.05) is 25.0 Å². The van der Waals surface area contributed by atoms with Crippen molar-refractivity contribution < 1.29 is 14.3 Å². The lowest BCUT2D eigenvalue weighted by molar-refractivity contribution is -0.123. The number of carbonyl (C=O) groups excluding carboxylic acids is 2. The number of hydrogen-bond donors (Lipinski definition) is 3. The maximum absolute atomic E-state index is 11.6. The highest BCUT2D eigenvalue weighted by Gasteiger charge is 2.05. The molecule has 2 amide bonds. The molecule has 0 aromatic heterocycles. The first-order chi connectivity index (χ1) is 9.15. The number of ether oxygens (including phenoxy) is 1. The molecule has 0 fully saturated rings. The molecule has 0 radical (unpaired) electrons. The van der Waals surface area contributed by atoms with E-state index >= 15 is 0 Å². The highest BCUT2D eigenvalue weighted by atomic mass is 35.5. The molecule has 1 aromatic rings. The van der Waals surface area contributed by atoms with Crippen molar-refractivity contribution in [3.05, 3.63) is 24.3 Å². The summed E-state index contributed by atoms with van der Waals surface area (Å²) < 4.78 is 5.46. The van der Waals surface area contributed by atoms with Crippen LogP contribution in [0.3, 0.4) is 0 Å². The van der Waals surface area contributed by atoms with E-state index in [0.29, 0.717) is 18.0 Å². The van der Waals surface area contributed by atoms with Crippen LogP contribution in [0, 0.1) is 0 Å². The summed E-state index contributed by atoms with van der Waals surface area (Å²) in [5.41, 5.74) is 5.74. The summed E-state index contributed by atoms with van der Waals surface area (Å²) in [5, 5.41) is 5.06. The minimum atomic E-state index is -0.366. The molecule has 0 unspecified atom stereocenters. The Labute approximate surface area is 124 Å². The van der Waals surface area contributed by atoms with Crippen LogP contribution in [0.2, 0.25) is 0 Å². The van der Waals surface area contributed by atoms with Gasteiger partial charge < -0.3 is 21.1 Å². The van der Waals surface area contributed by atoms with Crippen LogP contribution in [0.25, 0.3) is 0 Å². The minimum Gasteiger partial charge on any atom is -0.494 e. The first kappa shape index (κ1) is 18.2. The Morgan fingerprint density at radius 1 is 1.30 bits per heavy atom. The Balaban J connectivity index is 0.00000361. The average molecular weight is 302 g/mol. The van der Waals surface area contributed by atoms with Gasteiger partial charge in [-0.3, -0.25) is 9.59 Å². The number of halogens is 1. The van der Waals surface area contributed by atoms with Crippen molar-refractivity contribution >= 4 is 29.9 Å². The Kier molecular flexibility index (Phi) is 9.15. The highest BCUT2D eigenvalue weighted by Crippen LogP contribution is 2.17. The van der Waals surface area contributed by atoms with E-state index in [-0.39, 0.29) is 37.3 Å². The second kappa shape index (κ2) is 10.1.